The van der Waals surface area contributed by atoms with Crippen molar-refractivity contribution in [3.63, 3.8) is 0 Å². The molecule has 1 aromatic rings. The number of nitrogens with zero attached hydrogens (tertiary/aromatic N) is 2. The van der Waals surface area contributed by atoms with Crippen LogP contribution in [0.15, 0.2) is 24.5 Å². The lowest BCUT2D eigenvalue weighted by Gasteiger charge is -2.34. The van der Waals surface area contributed by atoms with Crippen molar-refractivity contribution >= 4 is 5.91 Å². The second-order valence-corrected chi connectivity index (χ2v) is 5.49. The number of carbonyl (C=O) groups is 1. The minimum Gasteiger partial charge on any atom is -0.337 e. The van der Waals surface area contributed by atoms with E-state index in [9.17, 15) is 4.79 Å². The highest BCUT2D eigenvalue weighted by Crippen LogP contribution is 2.32. The van der Waals surface area contributed by atoms with Crippen LogP contribution in [-0.2, 0) is 4.79 Å². The minimum atomic E-state index is -0.648. The molecule has 1 unspecified atom stereocenters. The zero-order chi connectivity index (χ0) is 13.9. The van der Waals surface area contributed by atoms with Gasteiger partial charge in [-0.05, 0) is 30.9 Å². The fraction of sp³-hybridized carbons (Fsp3) is 0.600. The van der Waals surface area contributed by atoms with Crippen LogP contribution in [0, 0.1) is 0 Å². The van der Waals surface area contributed by atoms with Crippen LogP contribution in [0.4, 0.5) is 0 Å². The lowest BCUT2D eigenvalue weighted by Crippen LogP contribution is -2.53. The first-order valence-electron chi connectivity index (χ1n) is 7.04. The monoisotopic (exact) mass is 261 g/mol. The molecule has 19 heavy (non-hydrogen) atoms. The molecular formula is C15H23N3O. The molecular weight excluding hydrogens is 238 g/mol. The Morgan fingerprint density at radius 2 is 2.21 bits per heavy atom. The molecule has 2 rings (SSSR count). The van der Waals surface area contributed by atoms with E-state index in [4.69, 9.17) is 5.73 Å². The van der Waals surface area contributed by atoms with Gasteiger partial charge < -0.3 is 10.6 Å². The van der Waals surface area contributed by atoms with Gasteiger partial charge in [0.2, 0.25) is 5.91 Å². The summed E-state index contributed by atoms with van der Waals surface area (Å²) in [7, 11) is 1.86. The Bertz CT molecular complexity index is 426. The molecule has 2 N–H and O–H groups in total. The standard InChI is InChI=1S/C15H23N3O/c1-3-13(12-7-6-10-17-11-12)18(2)14(19)15(16)8-4-5-9-15/h6-7,10-11,13H,3-5,8-9,16H2,1-2H3. The van der Waals surface area contributed by atoms with Crippen LogP contribution in [-0.4, -0.2) is 28.4 Å². The Morgan fingerprint density at radius 3 is 2.74 bits per heavy atom. The van der Waals surface area contributed by atoms with E-state index in [2.05, 4.69) is 11.9 Å². The zero-order valence-corrected chi connectivity index (χ0v) is 11.8. The molecule has 0 bridgehead atoms. The Hall–Kier alpha value is -1.42. The van der Waals surface area contributed by atoms with Crippen molar-refractivity contribution in [3.05, 3.63) is 30.1 Å². The third kappa shape index (κ3) is 2.78. The number of hydrogen-bond donors (Lipinski definition) is 1. The maximum absolute atomic E-state index is 12.6. The van der Waals surface area contributed by atoms with Crippen LogP contribution in [0.25, 0.3) is 0 Å². The molecule has 1 amide bonds. The van der Waals surface area contributed by atoms with Gasteiger partial charge in [-0.2, -0.15) is 0 Å². The fourth-order valence-electron chi connectivity index (χ4n) is 3.02. The number of carbonyl (C=O) groups excluding carboxylic acids is 1. The van der Waals surface area contributed by atoms with E-state index in [1.54, 1.807) is 6.20 Å². The van der Waals surface area contributed by atoms with Gasteiger partial charge >= 0.3 is 0 Å². The summed E-state index contributed by atoms with van der Waals surface area (Å²) in [6.07, 6.45) is 8.16. The van der Waals surface area contributed by atoms with Crippen LogP contribution in [0.3, 0.4) is 0 Å². The van der Waals surface area contributed by atoms with Crippen molar-refractivity contribution in [1.82, 2.24) is 9.88 Å². The lowest BCUT2D eigenvalue weighted by molar-refractivity contribution is -0.137. The molecule has 4 nitrogen and oxygen atoms in total. The molecule has 0 saturated heterocycles. The number of likely N-dealkylation sites (N-methyl/N-ethyl adjacent to an activating group) is 1. The molecule has 4 heteroatoms. The average molecular weight is 261 g/mol. The first kappa shape index (κ1) is 14.0. The van der Waals surface area contributed by atoms with Crippen molar-refractivity contribution in [2.75, 3.05) is 7.05 Å². The molecule has 1 aliphatic rings. The maximum Gasteiger partial charge on any atom is 0.242 e. The average Bonchev–Trinajstić information content (AvgIpc) is 2.88. The van der Waals surface area contributed by atoms with E-state index in [-0.39, 0.29) is 11.9 Å². The second kappa shape index (κ2) is 5.70. The first-order valence-corrected chi connectivity index (χ1v) is 7.04. The third-order valence-corrected chi connectivity index (χ3v) is 4.17. The number of amides is 1. The third-order valence-electron chi connectivity index (χ3n) is 4.17. The lowest BCUT2D eigenvalue weighted by atomic mass is 9.95. The SMILES string of the molecule is CCC(c1cccnc1)N(C)C(=O)C1(N)CCCC1. The number of hydrogen-bond acceptors (Lipinski definition) is 3. The molecule has 1 aromatic heterocycles. The fourth-order valence-corrected chi connectivity index (χ4v) is 3.02. The normalized spacial score (nSPS) is 19.1. The number of rotatable bonds is 4. The number of pyridine rings is 1. The van der Waals surface area contributed by atoms with Gasteiger partial charge in [0.05, 0.1) is 11.6 Å². The van der Waals surface area contributed by atoms with Gasteiger partial charge in [0, 0.05) is 19.4 Å². The maximum atomic E-state index is 12.6. The van der Waals surface area contributed by atoms with E-state index in [1.807, 2.05) is 30.3 Å². The molecule has 1 fully saturated rings. The van der Waals surface area contributed by atoms with Crippen molar-refractivity contribution < 1.29 is 4.79 Å². The molecule has 1 atom stereocenters. The van der Waals surface area contributed by atoms with Gasteiger partial charge in [-0.3, -0.25) is 9.78 Å². The molecule has 0 aromatic carbocycles. The Kier molecular flexibility index (Phi) is 4.20. The minimum absolute atomic E-state index is 0.0576. The summed E-state index contributed by atoms with van der Waals surface area (Å²) in [5.74, 6) is 0.0701. The summed E-state index contributed by atoms with van der Waals surface area (Å²) in [6.45, 7) is 2.08. The van der Waals surface area contributed by atoms with Crippen molar-refractivity contribution in [3.8, 4) is 0 Å². The van der Waals surface area contributed by atoms with E-state index >= 15 is 0 Å². The zero-order valence-electron chi connectivity index (χ0n) is 11.8. The van der Waals surface area contributed by atoms with Gasteiger partial charge in [-0.15, -0.1) is 0 Å². The smallest absolute Gasteiger partial charge is 0.242 e. The predicted molar refractivity (Wildman–Crippen MR) is 75.4 cm³/mol. The summed E-state index contributed by atoms with van der Waals surface area (Å²) in [4.78, 5) is 18.6. The van der Waals surface area contributed by atoms with Crippen LogP contribution in [0.5, 0.6) is 0 Å². The van der Waals surface area contributed by atoms with E-state index in [0.29, 0.717) is 0 Å². The van der Waals surface area contributed by atoms with E-state index < -0.39 is 5.54 Å². The quantitative estimate of drug-likeness (QED) is 0.904. The molecule has 0 radical (unpaired) electrons. The van der Waals surface area contributed by atoms with Crippen LogP contribution >= 0.6 is 0 Å². The largest absolute Gasteiger partial charge is 0.337 e. The topological polar surface area (TPSA) is 59.2 Å². The molecule has 104 valence electrons. The van der Waals surface area contributed by atoms with Gasteiger partial charge in [-0.25, -0.2) is 0 Å². The van der Waals surface area contributed by atoms with Crippen molar-refractivity contribution in [2.24, 2.45) is 5.73 Å². The van der Waals surface area contributed by atoms with Gasteiger partial charge in [0.1, 0.15) is 0 Å². The highest BCUT2D eigenvalue weighted by atomic mass is 16.2. The summed E-state index contributed by atoms with van der Waals surface area (Å²) in [5, 5.41) is 0. The molecule has 0 spiro atoms. The Morgan fingerprint density at radius 1 is 1.53 bits per heavy atom. The summed E-state index contributed by atoms with van der Waals surface area (Å²) in [6, 6.07) is 3.98. The van der Waals surface area contributed by atoms with E-state index in [1.165, 1.54) is 0 Å². The predicted octanol–water partition coefficient (Wildman–Crippen LogP) is 2.26. The van der Waals surface area contributed by atoms with Crippen molar-refractivity contribution in [2.45, 2.75) is 50.6 Å². The molecule has 1 heterocycles. The van der Waals surface area contributed by atoms with Crippen LogP contribution in [0.2, 0.25) is 0 Å². The second-order valence-electron chi connectivity index (χ2n) is 5.49. The summed E-state index contributed by atoms with van der Waals surface area (Å²) >= 11 is 0. The van der Waals surface area contributed by atoms with E-state index in [0.717, 1.165) is 37.7 Å². The van der Waals surface area contributed by atoms with Gasteiger partial charge in [-0.1, -0.05) is 25.8 Å². The summed E-state index contributed by atoms with van der Waals surface area (Å²) < 4.78 is 0. The van der Waals surface area contributed by atoms with Crippen LogP contribution in [0.1, 0.15) is 50.6 Å². The van der Waals surface area contributed by atoms with Crippen molar-refractivity contribution in [1.29, 1.82) is 0 Å². The summed E-state index contributed by atoms with van der Waals surface area (Å²) in [5.41, 5.74) is 6.69. The number of aromatic nitrogens is 1. The molecule has 0 aliphatic heterocycles. The number of nitrogens with two attached hydrogens (primary N) is 1. The van der Waals surface area contributed by atoms with Gasteiger partial charge in [0.15, 0.2) is 0 Å². The molecule has 1 saturated carbocycles. The highest BCUT2D eigenvalue weighted by molar-refractivity contribution is 5.86. The first-order chi connectivity index (χ1) is 9.08. The Labute approximate surface area is 115 Å². The van der Waals surface area contributed by atoms with Crippen LogP contribution < -0.4 is 5.73 Å². The Balaban J connectivity index is 2.17. The highest BCUT2D eigenvalue weighted by Gasteiger charge is 2.40. The molecule has 1 aliphatic carbocycles. The van der Waals surface area contributed by atoms with Gasteiger partial charge in [0.25, 0.3) is 0 Å².